The fraction of sp³-hybridized carbons (Fsp3) is 0.667. The predicted molar refractivity (Wildman–Crippen MR) is 69.7 cm³/mol. The van der Waals surface area contributed by atoms with Crippen molar-refractivity contribution < 1.29 is 0 Å². The van der Waals surface area contributed by atoms with Crippen LogP contribution in [0.4, 0.5) is 5.82 Å². The zero-order chi connectivity index (χ0) is 12.3. The molecular weight excluding hydrogens is 238 g/mol. The minimum absolute atomic E-state index is 0.0635. The number of rotatable bonds is 4. The number of hydrogen-bond donors (Lipinski definition) is 1. The van der Waals surface area contributed by atoms with Crippen LogP contribution in [0.15, 0.2) is 17.2 Å². The van der Waals surface area contributed by atoms with Gasteiger partial charge >= 0.3 is 0 Å². The van der Waals surface area contributed by atoms with Crippen LogP contribution >= 0.6 is 11.6 Å². The second-order valence-electron chi connectivity index (χ2n) is 4.61. The minimum atomic E-state index is -0.138. The highest BCUT2D eigenvalue weighted by molar-refractivity contribution is 6.18. The molecule has 0 aromatic carbocycles. The average Bonchev–Trinajstić information content (AvgIpc) is 2.81. The van der Waals surface area contributed by atoms with Gasteiger partial charge in [-0.3, -0.25) is 4.79 Å². The maximum Gasteiger partial charge on any atom is 0.293 e. The number of aromatic nitrogens is 2. The summed E-state index contributed by atoms with van der Waals surface area (Å²) in [6.45, 7) is 2.60. The number of halogens is 1. The van der Waals surface area contributed by atoms with E-state index >= 15 is 0 Å². The minimum Gasteiger partial charge on any atom is -0.359 e. The van der Waals surface area contributed by atoms with Crippen LogP contribution in [-0.4, -0.2) is 21.0 Å². The molecule has 1 saturated carbocycles. The molecule has 1 aliphatic carbocycles. The van der Waals surface area contributed by atoms with E-state index < -0.39 is 0 Å². The lowest BCUT2D eigenvalue weighted by Crippen LogP contribution is -2.40. The van der Waals surface area contributed by atoms with Gasteiger partial charge in [0.1, 0.15) is 0 Å². The fourth-order valence-electron chi connectivity index (χ4n) is 2.38. The summed E-state index contributed by atoms with van der Waals surface area (Å²) >= 11 is 6.04. The van der Waals surface area contributed by atoms with Crippen molar-refractivity contribution in [1.29, 1.82) is 0 Å². The fourth-order valence-corrected chi connectivity index (χ4v) is 2.71. The Morgan fingerprint density at radius 1 is 1.53 bits per heavy atom. The Morgan fingerprint density at radius 2 is 2.24 bits per heavy atom. The van der Waals surface area contributed by atoms with E-state index in [-0.39, 0.29) is 11.1 Å². The smallest absolute Gasteiger partial charge is 0.293 e. The molecule has 1 aromatic rings. The van der Waals surface area contributed by atoms with Crippen LogP contribution in [0.5, 0.6) is 0 Å². The molecule has 0 amide bonds. The first-order chi connectivity index (χ1) is 8.21. The molecule has 4 nitrogen and oxygen atoms in total. The molecule has 0 radical (unpaired) electrons. The van der Waals surface area contributed by atoms with Gasteiger partial charge in [0, 0.05) is 24.8 Å². The summed E-state index contributed by atoms with van der Waals surface area (Å²) in [5.74, 6) is 0.951. The van der Waals surface area contributed by atoms with Gasteiger partial charge in [-0.2, -0.15) is 0 Å². The Labute approximate surface area is 106 Å². The van der Waals surface area contributed by atoms with Crippen LogP contribution in [0.1, 0.15) is 32.6 Å². The number of anilines is 1. The van der Waals surface area contributed by atoms with Crippen molar-refractivity contribution in [3.05, 3.63) is 22.7 Å². The van der Waals surface area contributed by atoms with Crippen molar-refractivity contribution in [3.63, 3.8) is 0 Å². The number of aryl methyl sites for hydroxylation is 1. The lowest BCUT2D eigenvalue weighted by molar-refractivity contribution is 0.534. The second-order valence-corrected chi connectivity index (χ2v) is 4.88. The monoisotopic (exact) mass is 255 g/mol. The Bertz CT molecular complexity index is 438. The molecule has 0 spiro atoms. The van der Waals surface area contributed by atoms with E-state index in [2.05, 4.69) is 10.3 Å². The highest BCUT2D eigenvalue weighted by atomic mass is 35.5. The first kappa shape index (κ1) is 12.4. The van der Waals surface area contributed by atoms with Gasteiger partial charge in [-0.05, 0) is 19.8 Å². The molecule has 1 heterocycles. The Kier molecular flexibility index (Phi) is 3.72. The van der Waals surface area contributed by atoms with E-state index in [0.717, 1.165) is 25.7 Å². The molecule has 0 aliphatic heterocycles. The molecule has 0 unspecified atom stereocenters. The predicted octanol–water partition coefficient (Wildman–Crippen LogP) is 2.23. The van der Waals surface area contributed by atoms with E-state index in [1.54, 1.807) is 17.0 Å². The zero-order valence-electron chi connectivity index (χ0n) is 10.1. The molecule has 1 fully saturated rings. The topological polar surface area (TPSA) is 46.9 Å². The molecule has 5 heteroatoms. The van der Waals surface area contributed by atoms with Crippen molar-refractivity contribution in [2.75, 3.05) is 11.2 Å². The highest BCUT2D eigenvalue weighted by Gasteiger charge is 2.33. The zero-order valence-corrected chi connectivity index (χ0v) is 10.8. The quantitative estimate of drug-likeness (QED) is 0.840. The first-order valence-corrected chi connectivity index (χ1v) is 6.64. The number of hydrogen-bond acceptors (Lipinski definition) is 3. The SMILES string of the molecule is CCn1ccnc(NC2(CCl)CCCC2)c1=O. The largest absolute Gasteiger partial charge is 0.359 e. The van der Waals surface area contributed by atoms with E-state index in [0.29, 0.717) is 18.2 Å². The summed E-state index contributed by atoms with van der Waals surface area (Å²) in [5, 5.41) is 3.27. The van der Waals surface area contributed by atoms with Crippen molar-refractivity contribution in [1.82, 2.24) is 9.55 Å². The third kappa shape index (κ3) is 2.46. The molecule has 1 aromatic heterocycles. The van der Waals surface area contributed by atoms with Crippen LogP contribution in [0, 0.1) is 0 Å². The maximum atomic E-state index is 12.0. The van der Waals surface area contributed by atoms with E-state index in [9.17, 15) is 4.79 Å². The number of alkyl halides is 1. The summed E-state index contributed by atoms with van der Waals surface area (Å²) in [5.41, 5.74) is -0.202. The van der Waals surface area contributed by atoms with Gasteiger partial charge in [-0.1, -0.05) is 12.8 Å². The average molecular weight is 256 g/mol. The molecule has 0 atom stereocenters. The molecule has 0 saturated heterocycles. The third-order valence-electron chi connectivity index (χ3n) is 3.45. The molecule has 0 bridgehead atoms. The van der Waals surface area contributed by atoms with Crippen LogP contribution < -0.4 is 10.9 Å². The van der Waals surface area contributed by atoms with E-state index in [4.69, 9.17) is 11.6 Å². The summed E-state index contributed by atoms with van der Waals surface area (Å²) in [4.78, 5) is 16.2. The summed E-state index contributed by atoms with van der Waals surface area (Å²) < 4.78 is 1.65. The Balaban J connectivity index is 2.26. The van der Waals surface area contributed by atoms with Crippen LogP contribution in [0.2, 0.25) is 0 Å². The first-order valence-electron chi connectivity index (χ1n) is 6.10. The molecule has 17 heavy (non-hydrogen) atoms. The Morgan fingerprint density at radius 3 is 2.82 bits per heavy atom. The van der Waals surface area contributed by atoms with Gasteiger partial charge < -0.3 is 9.88 Å². The van der Waals surface area contributed by atoms with E-state index in [1.165, 1.54) is 0 Å². The lowest BCUT2D eigenvalue weighted by atomic mass is 10.0. The number of nitrogens with zero attached hydrogens (tertiary/aromatic N) is 2. The van der Waals surface area contributed by atoms with Crippen LogP contribution in [0.25, 0.3) is 0 Å². The van der Waals surface area contributed by atoms with Gasteiger partial charge in [0.25, 0.3) is 5.56 Å². The molecular formula is C12H18ClN3O. The van der Waals surface area contributed by atoms with Gasteiger partial charge in [0.05, 0.1) is 5.54 Å². The van der Waals surface area contributed by atoms with Crippen LogP contribution in [0.3, 0.4) is 0 Å². The summed E-state index contributed by atoms with van der Waals surface area (Å²) in [7, 11) is 0. The third-order valence-corrected chi connectivity index (χ3v) is 3.97. The van der Waals surface area contributed by atoms with Crippen molar-refractivity contribution in [3.8, 4) is 0 Å². The van der Waals surface area contributed by atoms with Gasteiger partial charge in [0.2, 0.25) is 0 Å². The lowest BCUT2D eigenvalue weighted by Gasteiger charge is -2.28. The maximum absolute atomic E-state index is 12.0. The molecule has 2 rings (SSSR count). The summed E-state index contributed by atoms with van der Waals surface area (Å²) in [6, 6.07) is 0. The van der Waals surface area contributed by atoms with Crippen molar-refractivity contribution in [2.24, 2.45) is 0 Å². The normalized spacial score (nSPS) is 18.2. The second kappa shape index (κ2) is 5.08. The van der Waals surface area contributed by atoms with Gasteiger partial charge in [-0.25, -0.2) is 4.98 Å². The molecule has 94 valence electrons. The highest BCUT2D eigenvalue weighted by Crippen LogP contribution is 2.32. The van der Waals surface area contributed by atoms with Crippen LogP contribution in [-0.2, 0) is 6.54 Å². The summed E-state index contributed by atoms with van der Waals surface area (Å²) in [6.07, 6.45) is 7.71. The number of nitrogens with one attached hydrogen (secondary N) is 1. The van der Waals surface area contributed by atoms with Gasteiger partial charge in [-0.15, -0.1) is 11.6 Å². The van der Waals surface area contributed by atoms with Crippen molar-refractivity contribution in [2.45, 2.75) is 44.7 Å². The van der Waals surface area contributed by atoms with Gasteiger partial charge in [0.15, 0.2) is 5.82 Å². The van der Waals surface area contributed by atoms with Crippen molar-refractivity contribution >= 4 is 17.4 Å². The standard InChI is InChI=1S/C12H18ClN3O/c1-2-16-8-7-14-10(11(16)17)15-12(9-13)5-3-4-6-12/h7-8H,2-6,9H2,1H3,(H,14,15). The Hall–Kier alpha value is -1.03. The molecule has 1 aliphatic rings. The molecule has 1 N–H and O–H groups in total. The van der Waals surface area contributed by atoms with E-state index in [1.807, 2.05) is 6.92 Å².